The highest BCUT2D eigenvalue weighted by atomic mass is 16.5. The first-order valence-corrected chi connectivity index (χ1v) is 7.54. The smallest absolute Gasteiger partial charge is 0.244 e. The lowest BCUT2D eigenvalue weighted by Crippen LogP contribution is -2.53. The van der Waals surface area contributed by atoms with Gasteiger partial charge in [0.15, 0.2) is 0 Å². The van der Waals surface area contributed by atoms with Crippen LogP contribution in [0, 0.1) is 0 Å². The van der Waals surface area contributed by atoms with Crippen molar-refractivity contribution in [1.82, 2.24) is 15.5 Å². The summed E-state index contributed by atoms with van der Waals surface area (Å²) in [4.78, 5) is 25.8. The SMILES string of the molecule is CC(=O)NC(CN1CCOCC1)C(=O)NCc1ccccc1. The molecule has 2 amide bonds. The van der Waals surface area contributed by atoms with Gasteiger partial charge >= 0.3 is 0 Å². The van der Waals surface area contributed by atoms with Gasteiger partial charge in [0.25, 0.3) is 0 Å². The van der Waals surface area contributed by atoms with Crippen LogP contribution < -0.4 is 10.6 Å². The molecule has 22 heavy (non-hydrogen) atoms. The molecule has 1 fully saturated rings. The summed E-state index contributed by atoms with van der Waals surface area (Å²) in [5.41, 5.74) is 1.03. The minimum absolute atomic E-state index is 0.162. The first-order chi connectivity index (χ1) is 10.6. The Morgan fingerprint density at radius 2 is 1.91 bits per heavy atom. The Morgan fingerprint density at radius 3 is 2.55 bits per heavy atom. The van der Waals surface area contributed by atoms with Crippen LogP contribution >= 0.6 is 0 Å². The number of carbonyl (C=O) groups is 2. The van der Waals surface area contributed by atoms with E-state index in [0.717, 1.165) is 18.7 Å². The molecule has 1 heterocycles. The first kappa shape index (κ1) is 16.5. The van der Waals surface area contributed by atoms with E-state index in [1.54, 1.807) is 0 Å². The summed E-state index contributed by atoms with van der Waals surface area (Å²) in [6.45, 7) is 5.28. The maximum absolute atomic E-state index is 12.3. The molecule has 6 nitrogen and oxygen atoms in total. The predicted octanol–water partition coefficient (Wildman–Crippen LogP) is 0.140. The van der Waals surface area contributed by atoms with Gasteiger partial charge in [-0.25, -0.2) is 0 Å². The molecule has 2 N–H and O–H groups in total. The third-order valence-corrected chi connectivity index (χ3v) is 3.55. The maximum atomic E-state index is 12.3. The molecule has 1 aromatic carbocycles. The number of hydrogen-bond donors (Lipinski definition) is 2. The van der Waals surface area contributed by atoms with E-state index in [4.69, 9.17) is 4.74 Å². The summed E-state index contributed by atoms with van der Waals surface area (Å²) < 4.78 is 5.30. The highest BCUT2D eigenvalue weighted by Gasteiger charge is 2.23. The molecule has 1 saturated heterocycles. The Hall–Kier alpha value is -1.92. The molecular formula is C16H23N3O3. The highest BCUT2D eigenvalue weighted by molar-refractivity contribution is 5.87. The Morgan fingerprint density at radius 1 is 1.23 bits per heavy atom. The van der Waals surface area contributed by atoms with E-state index in [1.165, 1.54) is 6.92 Å². The molecule has 0 aliphatic carbocycles. The van der Waals surface area contributed by atoms with E-state index < -0.39 is 6.04 Å². The van der Waals surface area contributed by atoms with E-state index in [0.29, 0.717) is 26.3 Å². The van der Waals surface area contributed by atoms with Gasteiger partial charge in [0.2, 0.25) is 11.8 Å². The maximum Gasteiger partial charge on any atom is 0.244 e. The lowest BCUT2D eigenvalue weighted by Gasteiger charge is -2.30. The van der Waals surface area contributed by atoms with Crippen molar-refractivity contribution in [2.24, 2.45) is 0 Å². The molecule has 1 aliphatic heterocycles. The second-order valence-corrected chi connectivity index (χ2v) is 5.37. The topological polar surface area (TPSA) is 70.7 Å². The van der Waals surface area contributed by atoms with E-state index in [-0.39, 0.29) is 11.8 Å². The summed E-state index contributed by atoms with van der Waals surface area (Å²) in [7, 11) is 0. The van der Waals surface area contributed by atoms with Gasteiger partial charge in [0.05, 0.1) is 13.2 Å². The number of morpholine rings is 1. The second kappa shape index (κ2) is 8.51. The molecule has 2 rings (SSSR count). The van der Waals surface area contributed by atoms with Gasteiger partial charge in [0, 0.05) is 33.1 Å². The molecule has 0 aromatic heterocycles. The average molecular weight is 305 g/mol. The van der Waals surface area contributed by atoms with Crippen molar-refractivity contribution in [3.63, 3.8) is 0 Å². The molecule has 0 saturated carbocycles. The first-order valence-electron chi connectivity index (χ1n) is 7.54. The van der Waals surface area contributed by atoms with E-state index in [1.807, 2.05) is 30.3 Å². The fraction of sp³-hybridized carbons (Fsp3) is 0.500. The summed E-state index contributed by atoms with van der Waals surface area (Å²) in [5, 5.41) is 5.61. The molecule has 1 unspecified atom stereocenters. The number of hydrogen-bond acceptors (Lipinski definition) is 4. The average Bonchev–Trinajstić information content (AvgIpc) is 2.53. The summed E-state index contributed by atoms with van der Waals surface area (Å²) >= 11 is 0. The normalized spacial score (nSPS) is 16.8. The third kappa shape index (κ3) is 5.46. The van der Waals surface area contributed by atoms with Crippen LogP contribution in [0.4, 0.5) is 0 Å². The fourth-order valence-electron chi connectivity index (χ4n) is 2.39. The van der Waals surface area contributed by atoms with Crippen molar-refractivity contribution in [2.75, 3.05) is 32.8 Å². The lowest BCUT2D eigenvalue weighted by molar-refractivity contribution is -0.129. The number of nitrogens with one attached hydrogen (secondary N) is 2. The molecule has 1 aliphatic rings. The molecular weight excluding hydrogens is 282 g/mol. The van der Waals surface area contributed by atoms with Gasteiger partial charge < -0.3 is 15.4 Å². The van der Waals surface area contributed by atoms with Gasteiger partial charge in [-0.05, 0) is 5.56 Å². The molecule has 0 spiro atoms. The van der Waals surface area contributed by atoms with E-state index >= 15 is 0 Å². The van der Waals surface area contributed by atoms with Crippen LogP contribution in [0.25, 0.3) is 0 Å². The van der Waals surface area contributed by atoms with Crippen LogP contribution in [-0.2, 0) is 20.9 Å². The van der Waals surface area contributed by atoms with Crippen LogP contribution in [0.5, 0.6) is 0 Å². The number of nitrogens with zero attached hydrogens (tertiary/aromatic N) is 1. The largest absolute Gasteiger partial charge is 0.379 e. The predicted molar refractivity (Wildman–Crippen MR) is 83.2 cm³/mol. The second-order valence-electron chi connectivity index (χ2n) is 5.37. The Labute approximate surface area is 130 Å². The molecule has 1 aromatic rings. The minimum Gasteiger partial charge on any atom is -0.379 e. The molecule has 6 heteroatoms. The van der Waals surface area contributed by atoms with Crippen LogP contribution in [-0.4, -0.2) is 55.6 Å². The quantitative estimate of drug-likeness (QED) is 0.784. The number of amides is 2. The van der Waals surface area contributed by atoms with Crippen molar-refractivity contribution in [3.8, 4) is 0 Å². The van der Waals surface area contributed by atoms with E-state index in [2.05, 4.69) is 15.5 Å². The van der Waals surface area contributed by atoms with Crippen molar-refractivity contribution in [2.45, 2.75) is 19.5 Å². The number of benzene rings is 1. The minimum atomic E-state index is -0.542. The van der Waals surface area contributed by atoms with E-state index in [9.17, 15) is 9.59 Å². The summed E-state index contributed by atoms with van der Waals surface area (Å²) in [6, 6.07) is 9.16. The molecule has 0 radical (unpaired) electrons. The van der Waals surface area contributed by atoms with Crippen LogP contribution in [0.3, 0.4) is 0 Å². The zero-order valence-electron chi connectivity index (χ0n) is 12.9. The van der Waals surface area contributed by atoms with Gasteiger partial charge in [-0.3, -0.25) is 14.5 Å². The third-order valence-electron chi connectivity index (χ3n) is 3.55. The fourth-order valence-corrected chi connectivity index (χ4v) is 2.39. The Kier molecular flexibility index (Phi) is 6.36. The van der Waals surface area contributed by atoms with Gasteiger partial charge in [-0.1, -0.05) is 30.3 Å². The van der Waals surface area contributed by atoms with Crippen molar-refractivity contribution in [1.29, 1.82) is 0 Å². The van der Waals surface area contributed by atoms with Crippen LogP contribution in [0.2, 0.25) is 0 Å². The summed E-state index contributed by atoms with van der Waals surface area (Å²) in [5.74, 6) is -0.362. The van der Waals surface area contributed by atoms with Crippen molar-refractivity contribution in [3.05, 3.63) is 35.9 Å². The Bertz CT molecular complexity index is 487. The number of ether oxygens (including phenoxy) is 1. The number of carbonyl (C=O) groups excluding carboxylic acids is 2. The molecule has 0 bridgehead atoms. The standard InChI is InChI=1S/C16H23N3O3/c1-13(20)18-15(12-19-7-9-22-10-8-19)16(21)17-11-14-5-3-2-4-6-14/h2-6,15H,7-12H2,1H3,(H,17,21)(H,18,20). The zero-order chi connectivity index (χ0) is 15.8. The van der Waals surface area contributed by atoms with Crippen molar-refractivity contribution >= 4 is 11.8 Å². The number of rotatable bonds is 6. The Balaban J connectivity index is 1.88. The van der Waals surface area contributed by atoms with Gasteiger partial charge in [0.1, 0.15) is 6.04 Å². The van der Waals surface area contributed by atoms with Gasteiger partial charge in [-0.15, -0.1) is 0 Å². The molecule has 120 valence electrons. The van der Waals surface area contributed by atoms with Crippen LogP contribution in [0.1, 0.15) is 12.5 Å². The highest BCUT2D eigenvalue weighted by Crippen LogP contribution is 2.01. The summed E-state index contributed by atoms with van der Waals surface area (Å²) in [6.07, 6.45) is 0. The van der Waals surface area contributed by atoms with Crippen LogP contribution in [0.15, 0.2) is 30.3 Å². The lowest BCUT2D eigenvalue weighted by atomic mass is 10.2. The zero-order valence-corrected chi connectivity index (χ0v) is 12.9. The monoisotopic (exact) mass is 305 g/mol. The van der Waals surface area contributed by atoms with Gasteiger partial charge in [-0.2, -0.15) is 0 Å². The van der Waals surface area contributed by atoms with Crippen molar-refractivity contribution < 1.29 is 14.3 Å². The molecule has 1 atom stereocenters.